The Labute approximate surface area is 158 Å². The summed E-state index contributed by atoms with van der Waals surface area (Å²) in [5.74, 6) is -0.190. The van der Waals surface area contributed by atoms with E-state index in [0.717, 1.165) is 51.6 Å². The molecule has 1 atom stereocenters. The number of nitrogens with zero attached hydrogens (tertiary/aromatic N) is 2. The minimum atomic E-state index is -0.329. The Morgan fingerprint density at radius 3 is 2.33 bits per heavy atom. The molecule has 27 heavy (non-hydrogen) atoms. The standard InChI is InChI=1S/C20H26FN3O3/c21-15-3-5-16(6-4-15)22-19(26)24-13-9-20(10-14-24)8-7-17(27-20)18(25)23-11-1-2-12-23/h3-6,17H,1-2,7-14H2,(H,22,26)/t17-/m1/s1. The number of piperidine rings is 1. The number of likely N-dealkylation sites (tertiary alicyclic amines) is 2. The van der Waals surface area contributed by atoms with Crippen LogP contribution in [0.1, 0.15) is 38.5 Å². The molecule has 1 aromatic rings. The lowest BCUT2D eigenvalue weighted by atomic mass is 9.88. The number of hydrogen-bond donors (Lipinski definition) is 1. The third-order valence-corrected chi connectivity index (χ3v) is 6.00. The molecule has 1 spiro atoms. The zero-order valence-electron chi connectivity index (χ0n) is 15.5. The fraction of sp³-hybridized carbons (Fsp3) is 0.600. The summed E-state index contributed by atoms with van der Waals surface area (Å²) < 4.78 is 19.2. The number of nitrogens with one attached hydrogen (secondary N) is 1. The highest BCUT2D eigenvalue weighted by Crippen LogP contribution is 2.39. The van der Waals surface area contributed by atoms with Gasteiger partial charge in [-0.1, -0.05) is 0 Å². The van der Waals surface area contributed by atoms with E-state index in [4.69, 9.17) is 4.74 Å². The molecule has 6 nitrogen and oxygen atoms in total. The van der Waals surface area contributed by atoms with E-state index in [0.29, 0.717) is 18.8 Å². The molecule has 146 valence electrons. The average Bonchev–Trinajstić information content (AvgIpc) is 3.34. The van der Waals surface area contributed by atoms with E-state index in [9.17, 15) is 14.0 Å². The Kier molecular flexibility index (Phi) is 5.04. The van der Waals surface area contributed by atoms with Gasteiger partial charge in [0.15, 0.2) is 0 Å². The Morgan fingerprint density at radius 1 is 1.00 bits per heavy atom. The number of ether oxygens (including phenoxy) is 1. The van der Waals surface area contributed by atoms with Crippen molar-refractivity contribution in [2.75, 3.05) is 31.5 Å². The number of rotatable bonds is 2. The summed E-state index contributed by atoms with van der Waals surface area (Å²) in [5.41, 5.74) is 0.308. The van der Waals surface area contributed by atoms with Gasteiger partial charge in [-0.2, -0.15) is 0 Å². The van der Waals surface area contributed by atoms with E-state index in [1.807, 2.05) is 4.90 Å². The lowest BCUT2D eigenvalue weighted by Gasteiger charge is -2.39. The highest BCUT2D eigenvalue weighted by Gasteiger charge is 2.46. The van der Waals surface area contributed by atoms with Crippen LogP contribution in [0.15, 0.2) is 24.3 Å². The second-order valence-electron chi connectivity index (χ2n) is 7.78. The predicted molar refractivity (Wildman–Crippen MR) is 98.9 cm³/mol. The molecule has 1 N–H and O–H groups in total. The first kappa shape index (κ1) is 18.2. The van der Waals surface area contributed by atoms with Crippen LogP contribution in [0.25, 0.3) is 0 Å². The third-order valence-electron chi connectivity index (χ3n) is 6.00. The molecule has 0 aromatic heterocycles. The Balaban J connectivity index is 1.29. The number of amides is 3. The van der Waals surface area contributed by atoms with E-state index >= 15 is 0 Å². The number of halogens is 1. The first-order valence-corrected chi connectivity index (χ1v) is 9.83. The lowest BCUT2D eigenvalue weighted by Crippen LogP contribution is -2.48. The monoisotopic (exact) mass is 375 g/mol. The molecule has 3 heterocycles. The smallest absolute Gasteiger partial charge is 0.321 e. The summed E-state index contributed by atoms with van der Waals surface area (Å²) in [6, 6.07) is 5.56. The van der Waals surface area contributed by atoms with Crippen molar-refractivity contribution in [3.63, 3.8) is 0 Å². The quantitative estimate of drug-likeness (QED) is 0.864. The molecule has 7 heteroatoms. The van der Waals surface area contributed by atoms with Gasteiger partial charge in [0.2, 0.25) is 0 Å². The molecular formula is C20H26FN3O3. The normalized spacial score (nSPS) is 24.4. The third kappa shape index (κ3) is 3.93. The lowest BCUT2D eigenvalue weighted by molar-refractivity contribution is -0.149. The van der Waals surface area contributed by atoms with Crippen LogP contribution in [-0.2, 0) is 9.53 Å². The van der Waals surface area contributed by atoms with Crippen LogP contribution in [0, 0.1) is 5.82 Å². The first-order valence-electron chi connectivity index (χ1n) is 9.83. The zero-order valence-corrected chi connectivity index (χ0v) is 15.5. The molecule has 3 aliphatic heterocycles. The van der Waals surface area contributed by atoms with Crippen LogP contribution < -0.4 is 5.32 Å². The Morgan fingerprint density at radius 2 is 1.67 bits per heavy atom. The van der Waals surface area contributed by atoms with Gasteiger partial charge in [0, 0.05) is 31.9 Å². The van der Waals surface area contributed by atoms with Crippen molar-refractivity contribution in [3.05, 3.63) is 30.1 Å². The van der Waals surface area contributed by atoms with Gasteiger partial charge in [0.1, 0.15) is 11.9 Å². The van der Waals surface area contributed by atoms with E-state index in [2.05, 4.69) is 5.32 Å². The summed E-state index contributed by atoms with van der Waals surface area (Å²) in [5, 5.41) is 2.80. The molecule has 0 saturated carbocycles. The number of carbonyl (C=O) groups excluding carboxylic acids is 2. The van der Waals surface area contributed by atoms with Gasteiger partial charge in [-0.15, -0.1) is 0 Å². The molecule has 3 aliphatic rings. The summed E-state index contributed by atoms with van der Waals surface area (Å²) in [7, 11) is 0. The van der Waals surface area contributed by atoms with Crippen molar-refractivity contribution < 1.29 is 18.7 Å². The molecule has 0 bridgehead atoms. The maximum atomic E-state index is 13.0. The van der Waals surface area contributed by atoms with Crippen LogP contribution in [0.2, 0.25) is 0 Å². The molecule has 4 rings (SSSR count). The van der Waals surface area contributed by atoms with Crippen molar-refractivity contribution in [1.82, 2.24) is 9.80 Å². The van der Waals surface area contributed by atoms with Gasteiger partial charge in [-0.05, 0) is 62.8 Å². The molecule has 1 aromatic carbocycles. The molecule has 3 amide bonds. The number of anilines is 1. The van der Waals surface area contributed by atoms with Crippen molar-refractivity contribution in [1.29, 1.82) is 0 Å². The van der Waals surface area contributed by atoms with Crippen molar-refractivity contribution >= 4 is 17.6 Å². The average molecular weight is 375 g/mol. The van der Waals surface area contributed by atoms with Crippen LogP contribution in [0.3, 0.4) is 0 Å². The fourth-order valence-electron chi connectivity index (χ4n) is 4.35. The SMILES string of the molecule is O=C(Nc1ccc(F)cc1)N1CCC2(CC[C@H](C(=O)N3CCCC3)O2)CC1. The van der Waals surface area contributed by atoms with Crippen LogP contribution in [0.4, 0.5) is 14.9 Å². The van der Waals surface area contributed by atoms with Gasteiger partial charge in [0.05, 0.1) is 5.60 Å². The van der Waals surface area contributed by atoms with Crippen molar-refractivity contribution in [2.45, 2.75) is 50.2 Å². The minimum Gasteiger partial charge on any atom is -0.362 e. The van der Waals surface area contributed by atoms with Gasteiger partial charge in [-0.25, -0.2) is 9.18 Å². The Bertz CT molecular complexity index is 695. The van der Waals surface area contributed by atoms with Crippen LogP contribution in [0.5, 0.6) is 0 Å². The van der Waals surface area contributed by atoms with Crippen LogP contribution >= 0.6 is 0 Å². The zero-order chi connectivity index (χ0) is 18.9. The summed E-state index contributed by atoms with van der Waals surface area (Å²) in [6.45, 7) is 2.89. The van der Waals surface area contributed by atoms with Crippen molar-refractivity contribution in [2.24, 2.45) is 0 Å². The van der Waals surface area contributed by atoms with Gasteiger partial charge < -0.3 is 19.9 Å². The predicted octanol–water partition coefficient (Wildman–Crippen LogP) is 2.99. The van der Waals surface area contributed by atoms with Gasteiger partial charge >= 0.3 is 6.03 Å². The maximum absolute atomic E-state index is 13.0. The maximum Gasteiger partial charge on any atom is 0.321 e. The second-order valence-corrected chi connectivity index (χ2v) is 7.78. The topological polar surface area (TPSA) is 61.9 Å². The minimum absolute atomic E-state index is 0.140. The summed E-state index contributed by atoms with van der Waals surface area (Å²) in [6.07, 6.45) is 5.00. The number of urea groups is 1. The molecular weight excluding hydrogens is 349 g/mol. The fourth-order valence-corrected chi connectivity index (χ4v) is 4.35. The molecule has 0 unspecified atom stereocenters. The Hall–Kier alpha value is -2.15. The second kappa shape index (κ2) is 7.46. The highest BCUT2D eigenvalue weighted by molar-refractivity contribution is 5.89. The molecule has 3 fully saturated rings. The van der Waals surface area contributed by atoms with E-state index in [1.165, 1.54) is 12.1 Å². The number of carbonyl (C=O) groups is 2. The van der Waals surface area contributed by atoms with Crippen LogP contribution in [-0.4, -0.2) is 59.6 Å². The van der Waals surface area contributed by atoms with E-state index in [-0.39, 0.29) is 29.5 Å². The molecule has 0 radical (unpaired) electrons. The molecule has 3 saturated heterocycles. The highest BCUT2D eigenvalue weighted by atomic mass is 19.1. The van der Waals surface area contributed by atoms with E-state index in [1.54, 1.807) is 17.0 Å². The van der Waals surface area contributed by atoms with Gasteiger partial charge in [-0.3, -0.25) is 4.79 Å². The largest absolute Gasteiger partial charge is 0.362 e. The first-order chi connectivity index (χ1) is 13.0. The molecule has 0 aliphatic carbocycles. The van der Waals surface area contributed by atoms with E-state index < -0.39 is 0 Å². The summed E-state index contributed by atoms with van der Waals surface area (Å²) in [4.78, 5) is 28.7. The summed E-state index contributed by atoms with van der Waals surface area (Å²) >= 11 is 0. The van der Waals surface area contributed by atoms with Crippen molar-refractivity contribution in [3.8, 4) is 0 Å². The number of benzene rings is 1. The van der Waals surface area contributed by atoms with Gasteiger partial charge in [0.25, 0.3) is 5.91 Å². The number of hydrogen-bond acceptors (Lipinski definition) is 3.